The molecule has 0 spiro atoms. The van der Waals surface area contributed by atoms with Crippen molar-refractivity contribution < 1.29 is 9.53 Å². The molecule has 0 aliphatic carbocycles. The quantitative estimate of drug-likeness (QED) is 0.798. The Bertz CT molecular complexity index is 481. The molecule has 1 aromatic rings. The molecule has 0 aromatic heterocycles. The van der Waals surface area contributed by atoms with Gasteiger partial charge in [-0.25, -0.2) is 0 Å². The van der Waals surface area contributed by atoms with Crippen molar-refractivity contribution in [2.24, 2.45) is 5.92 Å². The van der Waals surface area contributed by atoms with Crippen molar-refractivity contribution in [3.63, 3.8) is 0 Å². The molecule has 1 atom stereocenters. The van der Waals surface area contributed by atoms with Crippen LogP contribution in [0.25, 0.3) is 0 Å². The number of nitrogens with one attached hydrogen (secondary N) is 1. The van der Waals surface area contributed by atoms with Crippen LogP contribution >= 0.6 is 11.6 Å². The lowest BCUT2D eigenvalue weighted by molar-refractivity contribution is -0.121. The highest BCUT2D eigenvalue weighted by atomic mass is 35.5. The molecule has 1 aliphatic rings. The number of benzene rings is 1. The number of ether oxygens (including phenoxy) is 1. The Morgan fingerprint density at radius 1 is 1.50 bits per heavy atom. The summed E-state index contributed by atoms with van der Waals surface area (Å²) in [5, 5.41) is 3.78. The Labute approximate surface area is 137 Å². The van der Waals surface area contributed by atoms with Gasteiger partial charge in [-0.3, -0.25) is 4.79 Å². The third-order valence-electron chi connectivity index (χ3n) is 4.10. The molecule has 5 heteroatoms. The fraction of sp³-hybridized carbons (Fsp3) is 0.588. The topological polar surface area (TPSA) is 41.6 Å². The fourth-order valence-corrected chi connectivity index (χ4v) is 3.01. The molecule has 1 aliphatic heterocycles. The Morgan fingerprint density at radius 3 is 3.14 bits per heavy atom. The lowest BCUT2D eigenvalue weighted by Crippen LogP contribution is -2.31. The SMILES string of the molecule is COCCN1CCC(CNC(=O)CCc2cccc(Cl)c2)C1. The van der Waals surface area contributed by atoms with E-state index < -0.39 is 0 Å². The van der Waals surface area contributed by atoms with Crippen LogP contribution < -0.4 is 5.32 Å². The minimum atomic E-state index is 0.121. The molecule has 1 amide bonds. The first-order valence-corrected chi connectivity index (χ1v) is 8.27. The van der Waals surface area contributed by atoms with Crippen LogP contribution in [-0.4, -0.2) is 50.7 Å². The predicted molar refractivity (Wildman–Crippen MR) is 89.2 cm³/mol. The highest BCUT2D eigenvalue weighted by Gasteiger charge is 2.22. The van der Waals surface area contributed by atoms with E-state index in [1.54, 1.807) is 7.11 Å². The van der Waals surface area contributed by atoms with Gasteiger partial charge < -0.3 is 15.0 Å². The molecular weight excluding hydrogens is 300 g/mol. The second-order valence-corrected chi connectivity index (χ2v) is 6.32. The van der Waals surface area contributed by atoms with E-state index in [0.717, 1.165) is 56.2 Å². The van der Waals surface area contributed by atoms with Crippen LogP contribution in [0.5, 0.6) is 0 Å². The number of hydrogen-bond donors (Lipinski definition) is 1. The van der Waals surface area contributed by atoms with E-state index in [-0.39, 0.29) is 5.91 Å². The summed E-state index contributed by atoms with van der Waals surface area (Å²) >= 11 is 5.94. The first-order valence-electron chi connectivity index (χ1n) is 7.90. The second-order valence-electron chi connectivity index (χ2n) is 5.88. The van der Waals surface area contributed by atoms with Gasteiger partial charge >= 0.3 is 0 Å². The summed E-state index contributed by atoms with van der Waals surface area (Å²) in [5.41, 5.74) is 1.11. The summed E-state index contributed by atoms with van der Waals surface area (Å²) < 4.78 is 5.10. The fourth-order valence-electron chi connectivity index (χ4n) is 2.80. The van der Waals surface area contributed by atoms with Gasteiger partial charge in [0.1, 0.15) is 0 Å². The average Bonchev–Trinajstić information content (AvgIpc) is 2.97. The minimum absolute atomic E-state index is 0.121. The Balaban J connectivity index is 1.62. The first-order chi connectivity index (χ1) is 10.7. The number of aryl methyl sites for hydroxylation is 1. The lowest BCUT2D eigenvalue weighted by atomic mass is 10.1. The normalized spacial score (nSPS) is 18.5. The number of hydrogen-bond acceptors (Lipinski definition) is 3. The van der Waals surface area contributed by atoms with Crippen molar-refractivity contribution in [1.29, 1.82) is 0 Å². The van der Waals surface area contributed by atoms with Crippen LogP contribution in [0.3, 0.4) is 0 Å². The maximum atomic E-state index is 11.9. The largest absolute Gasteiger partial charge is 0.383 e. The number of methoxy groups -OCH3 is 1. The van der Waals surface area contributed by atoms with Crippen LogP contribution in [-0.2, 0) is 16.0 Å². The monoisotopic (exact) mass is 324 g/mol. The van der Waals surface area contributed by atoms with Gasteiger partial charge in [0.05, 0.1) is 6.61 Å². The molecule has 1 N–H and O–H groups in total. The van der Waals surface area contributed by atoms with E-state index in [1.165, 1.54) is 0 Å². The average molecular weight is 325 g/mol. The van der Waals surface area contributed by atoms with Gasteiger partial charge in [-0.05, 0) is 43.0 Å². The highest BCUT2D eigenvalue weighted by molar-refractivity contribution is 6.30. The molecular formula is C17H25ClN2O2. The molecule has 0 saturated carbocycles. The van der Waals surface area contributed by atoms with Crippen molar-refractivity contribution in [2.75, 3.05) is 39.9 Å². The van der Waals surface area contributed by atoms with Gasteiger partial charge in [0, 0.05) is 38.2 Å². The third kappa shape index (κ3) is 5.95. The molecule has 1 unspecified atom stereocenters. The molecule has 4 nitrogen and oxygen atoms in total. The summed E-state index contributed by atoms with van der Waals surface area (Å²) in [6, 6.07) is 7.69. The smallest absolute Gasteiger partial charge is 0.220 e. The Morgan fingerprint density at radius 2 is 2.36 bits per heavy atom. The zero-order chi connectivity index (χ0) is 15.8. The first kappa shape index (κ1) is 17.3. The molecule has 1 saturated heterocycles. The number of likely N-dealkylation sites (tertiary alicyclic amines) is 1. The molecule has 0 radical (unpaired) electrons. The van der Waals surface area contributed by atoms with Gasteiger partial charge in [0.25, 0.3) is 0 Å². The van der Waals surface area contributed by atoms with E-state index in [2.05, 4.69) is 10.2 Å². The van der Waals surface area contributed by atoms with Gasteiger partial charge in [-0.1, -0.05) is 23.7 Å². The van der Waals surface area contributed by atoms with Gasteiger partial charge in [0.2, 0.25) is 5.91 Å². The van der Waals surface area contributed by atoms with Crippen molar-refractivity contribution in [2.45, 2.75) is 19.3 Å². The molecule has 2 rings (SSSR count). The van der Waals surface area contributed by atoms with E-state index in [9.17, 15) is 4.79 Å². The minimum Gasteiger partial charge on any atom is -0.383 e. The van der Waals surface area contributed by atoms with Crippen molar-refractivity contribution in [1.82, 2.24) is 10.2 Å². The Hall–Kier alpha value is -1.10. The molecule has 1 aromatic carbocycles. The maximum Gasteiger partial charge on any atom is 0.220 e. The van der Waals surface area contributed by atoms with E-state index in [0.29, 0.717) is 12.3 Å². The third-order valence-corrected chi connectivity index (χ3v) is 4.33. The van der Waals surface area contributed by atoms with Crippen LogP contribution in [0.4, 0.5) is 0 Å². The summed E-state index contributed by atoms with van der Waals surface area (Å²) in [6.07, 6.45) is 2.40. The van der Waals surface area contributed by atoms with E-state index >= 15 is 0 Å². The lowest BCUT2D eigenvalue weighted by Gasteiger charge is -2.15. The van der Waals surface area contributed by atoms with Crippen molar-refractivity contribution >= 4 is 17.5 Å². The number of carbonyl (C=O) groups is 1. The maximum absolute atomic E-state index is 11.9. The van der Waals surface area contributed by atoms with Crippen LogP contribution in [0, 0.1) is 5.92 Å². The summed E-state index contributed by atoms with van der Waals surface area (Å²) in [5.74, 6) is 0.683. The Kier molecular flexibility index (Phi) is 7.16. The number of nitrogens with zero attached hydrogens (tertiary/aromatic N) is 1. The van der Waals surface area contributed by atoms with Crippen LogP contribution in [0.15, 0.2) is 24.3 Å². The number of halogens is 1. The number of amides is 1. The summed E-state index contributed by atoms with van der Waals surface area (Å²) in [6.45, 7) is 4.69. The highest BCUT2D eigenvalue weighted by Crippen LogP contribution is 2.15. The van der Waals surface area contributed by atoms with Gasteiger partial charge in [-0.15, -0.1) is 0 Å². The molecule has 1 fully saturated rings. The van der Waals surface area contributed by atoms with Crippen LogP contribution in [0.1, 0.15) is 18.4 Å². The molecule has 22 heavy (non-hydrogen) atoms. The van der Waals surface area contributed by atoms with Gasteiger partial charge in [0.15, 0.2) is 0 Å². The zero-order valence-electron chi connectivity index (χ0n) is 13.2. The standard InChI is InChI=1S/C17H25ClN2O2/c1-22-10-9-20-8-7-15(13-20)12-19-17(21)6-5-14-3-2-4-16(18)11-14/h2-4,11,15H,5-10,12-13H2,1H3,(H,19,21). The molecule has 122 valence electrons. The zero-order valence-corrected chi connectivity index (χ0v) is 13.9. The number of carbonyl (C=O) groups excluding carboxylic acids is 1. The van der Waals surface area contributed by atoms with Gasteiger partial charge in [-0.2, -0.15) is 0 Å². The van der Waals surface area contributed by atoms with Crippen molar-refractivity contribution in [3.05, 3.63) is 34.9 Å². The summed E-state index contributed by atoms with van der Waals surface area (Å²) in [4.78, 5) is 14.3. The summed E-state index contributed by atoms with van der Waals surface area (Å²) in [7, 11) is 1.73. The molecule has 1 heterocycles. The predicted octanol–water partition coefficient (Wildman–Crippen LogP) is 2.36. The van der Waals surface area contributed by atoms with E-state index in [1.807, 2.05) is 24.3 Å². The molecule has 0 bridgehead atoms. The van der Waals surface area contributed by atoms with Crippen LogP contribution in [0.2, 0.25) is 5.02 Å². The second kappa shape index (κ2) is 9.13. The van der Waals surface area contributed by atoms with Crippen molar-refractivity contribution in [3.8, 4) is 0 Å². The number of rotatable bonds is 8. The van der Waals surface area contributed by atoms with E-state index in [4.69, 9.17) is 16.3 Å².